The molecule has 1 unspecified atom stereocenters. The summed E-state index contributed by atoms with van der Waals surface area (Å²) < 4.78 is 6.89. The maximum absolute atomic E-state index is 11.4. The molecular weight excluding hydrogens is 291 g/mol. The van der Waals surface area contributed by atoms with Crippen LogP contribution in [0.25, 0.3) is 0 Å². The molecule has 2 aromatic rings. The number of hydrogen-bond donors (Lipinski definition) is 1. The number of carbonyl (C=O) groups is 1. The van der Waals surface area contributed by atoms with Gasteiger partial charge < -0.3 is 0 Å². The molecule has 0 saturated carbocycles. The SMILES string of the molecule is CNC(=O)c1cc(Oc2ccc([AsH2])cc2)ccn1. The van der Waals surface area contributed by atoms with Crippen molar-refractivity contribution in [2.45, 2.75) is 0 Å². The summed E-state index contributed by atoms with van der Waals surface area (Å²) in [6, 6.07) is 11.1. The summed E-state index contributed by atoms with van der Waals surface area (Å²) in [5.41, 5.74) is 0.338. The Hall–Kier alpha value is -1.80. The molecule has 0 aliphatic carbocycles. The number of nitrogens with one attached hydrogen (secondary N) is 1. The average molecular weight is 304 g/mol. The maximum atomic E-state index is 11.4. The van der Waals surface area contributed by atoms with E-state index in [9.17, 15) is 4.79 Å². The van der Waals surface area contributed by atoms with Gasteiger partial charge in [0.05, 0.1) is 0 Å². The quantitative estimate of drug-likeness (QED) is 0.840. The van der Waals surface area contributed by atoms with Gasteiger partial charge in [-0.1, -0.05) is 0 Å². The molecule has 1 heterocycles. The van der Waals surface area contributed by atoms with E-state index < -0.39 is 0 Å². The van der Waals surface area contributed by atoms with Gasteiger partial charge in [0.15, 0.2) is 0 Å². The van der Waals surface area contributed by atoms with E-state index in [1.165, 1.54) is 4.35 Å². The van der Waals surface area contributed by atoms with Crippen molar-refractivity contribution in [1.29, 1.82) is 0 Å². The van der Waals surface area contributed by atoms with Gasteiger partial charge in [0.25, 0.3) is 0 Å². The first-order valence-electron chi connectivity index (χ1n) is 5.40. The van der Waals surface area contributed by atoms with E-state index in [2.05, 4.69) is 10.3 Å². The monoisotopic (exact) mass is 304 g/mol. The molecule has 1 N–H and O–H groups in total. The molecule has 2 rings (SSSR count). The number of aromatic nitrogens is 1. The van der Waals surface area contributed by atoms with E-state index in [1.807, 2.05) is 24.3 Å². The van der Waals surface area contributed by atoms with Crippen molar-refractivity contribution in [2.75, 3.05) is 7.05 Å². The fourth-order valence-electron chi connectivity index (χ4n) is 1.40. The van der Waals surface area contributed by atoms with Gasteiger partial charge in [-0.05, 0) is 0 Å². The van der Waals surface area contributed by atoms with Gasteiger partial charge in [-0.25, -0.2) is 0 Å². The number of pyridine rings is 1. The van der Waals surface area contributed by atoms with Gasteiger partial charge in [-0.15, -0.1) is 0 Å². The number of rotatable bonds is 3. The fourth-order valence-corrected chi connectivity index (χ4v) is 1.80. The van der Waals surface area contributed by atoms with Crippen LogP contribution in [-0.2, 0) is 0 Å². The standard InChI is InChI=1S/C13H13AsN2O2/c1-15-13(17)12-8-11(6-7-16-12)18-10-4-2-9(14)3-5-10/h2-8H,14H2,1H3,(H,15,17). The predicted octanol–water partition coefficient (Wildman–Crippen LogP) is 0.492. The van der Waals surface area contributed by atoms with Crippen molar-refractivity contribution < 1.29 is 9.53 Å². The summed E-state index contributed by atoms with van der Waals surface area (Å²) in [7, 11) is 1.57. The van der Waals surface area contributed by atoms with Gasteiger partial charge >= 0.3 is 114 Å². The number of ether oxygens (including phenoxy) is 1. The molecule has 0 aliphatic heterocycles. The van der Waals surface area contributed by atoms with Gasteiger partial charge in [0.1, 0.15) is 0 Å². The first-order chi connectivity index (χ1) is 8.69. The van der Waals surface area contributed by atoms with Crippen LogP contribution in [0.4, 0.5) is 0 Å². The zero-order valence-electron chi connectivity index (χ0n) is 9.88. The van der Waals surface area contributed by atoms with E-state index >= 15 is 0 Å². The molecular formula is C13H13AsN2O2. The third-order valence-corrected chi connectivity index (χ3v) is 3.11. The van der Waals surface area contributed by atoms with Gasteiger partial charge in [0.2, 0.25) is 0 Å². The minimum absolute atomic E-state index is 0.230. The zero-order valence-corrected chi connectivity index (χ0v) is 12.3. The van der Waals surface area contributed by atoms with E-state index in [-0.39, 0.29) is 5.91 Å². The predicted molar refractivity (Wildman–Crippen MR) is 72.3 cm³/mol. The second kappa shape index (κ2) is 5.69. The van der Waals surface area contributed by atoms with E-state index in [0.717, 1.165) is 5.75 Å². The molecule has 18 heavy (non-hydrogen) atoms. The summed E-state index contributed by atoms with van der Waals surface area (Å²) in [6.45, 7) is 0. The van der Waals surface area contributed by atoms with E-state index in [4.69, 9.17) is 4.74 Å². The Labute approximate surface area is 114 Å². The van der Waals surface area contributed by atoms with E-state index in [1.54, 1.807) is 42.2 Å². The Balaban J connectivity index is 2.19. The number of carbonyl (C=O) groups excluding carboxylic acids is 1. The third kappa shape index (κ3) is 3.11. The first-order valence-corrected chi connectivity index (χ1v) is 6.61. The summed E-state index contributed by atoms with van der Waals surface area (Å²) >= 11 is 1.57. The average Bonchev–Trinajstić information content (AvgIpc) is 2.41. The first kappa shape index (κ1) is 12.7. The second-order valence-corrected chi connectivity index (χ2v) is 5.03. The molecule has 0 aliphatic rings. The van der Waals surface area contributed by atoms with Crippen LogP contribution < -0.4 is 14.4 Å². The fraction of sp³-hybridized carbons (Fsp3) is 0.0769. The van der Waals surface area contributed by atoms with Crippen LogP contribution in [0.3, 0.4) is 0 Å². The molecule has 0 saturated heterocycles. The van der Waals surface area contributed by atoms with Crippen LogP contribution in [0.15, 0.2) is 42.6 Å². The molecule has 4 nitrogen and oxygen atoms in total. The summed E-state index contributed by atoms with van der Waals surface area (Å²) in [4.78, 5) is 15.4. The van der Waals surface area contributed by atoms with Crippen LogP contribution in [0.2, 0.25) is 0 Å². The molecule has 1 aromatic carbocycles. The third-order valence-electron chi connectivity index (χ3n) is 2.31. The Morgan fingerprint density at radius 1 is 1.22 bits per heavy atom. The Morgan fingerprint density at radius 3 is 2.61 bits per heavy atom. The molecule has 0 fully saturated rings. The molecule has 0 spiro atoms. The van der Waals surface area contributed by atoms with Crippen molar-refractivity contribution >= 4 is 27.1 Å². The van der Waals surface area contributed by atoms with Crippen molar-refractivity contribution in [2.24, 2.45) is 0 Å². The van der Waals surface area contributed by atoms with Crippen molar-refractivity contribution in [3.8, 4) is 11.5 Å². The van der Waals surface area contributed by atoms with Gasteiger partial charge in [-0.3, -0.25) is 0 Å². The van der Waals surface area contributed by atoms with Crippen LogP contribution >= 0.6 is 0 Å². The summed E-state index contributed by atoms with van der Waals surface area (Å²) in [5.74, 6) is 1.11. The number of hydrogen-bond acceptors (Lipinski definition) is 3. The van der Waals surface area contributed by atoms with Crippen molar-refractivity contribution in [3.63, 3.8) is 0 Å². The molecule has 0 bridgehead atoms. The normalized spacial score (nSPS) is 9.89. The van der Waals surface area contributed by atoms with Crippen LogP contribution in [0, 0.1) is 0 Å². The number of benzene rings is 1. The topological polar surface area (TPSA) is 51.2 Å². The number of amides is 1. The molecule has 1 aromatic heterocycles. The van der Waals surface area contributed by atoms with Gasteiger partial charge in [-0.2, -0.15) is 0 Å². The molecule has 0 radical (unpaired) electrons. The zero-order chi connectivity index (χ0) is 13.0. The summed E-state index contributed by atoms with van der Waals surface area (Å²) in [5, 5.41) is 2.52. The van der Waals surface area contributed by atoms with Crippen molar-refractivity contribution in [1.82, 2.24) is 10.3 Å². The van der Waals surface area contributed by atoms with Crippen LogP contribution in [0.1, 0.15) is 10.5 Å². The Kier molecular flexibility index (Phi) is 4.00. The number of nitrogens with zero attached hydrogens (tertiary/aromatic N) is 1. The molecule has 92 valence electrons. The van der Waals surface area contributed by atoms with Crippen LogP contribution in [-0.4, -0.2) is 34.8 Å². The Morgan fingerprint density at radius 2 is 1.94 bits per heavy atom. The van der Waals surface area contributed by atoms with Crippen LogP contribution in [0.5, 0.6) is 11.5 Å². The minimum atomic E-state index is -0.230. The van der Waals surface area contributed by atoms with E-state index in [0.29, 0.717) is 11.4 Å². The molecule has 1 amide bonds. The van der Waals surface area contributed by atoms with Crippen molar-refractivity contribution in [3.05, 3.63) is 48.3 Å². The second-order valence-electron chi connectivity index (χ2n) is 3.63. The molecule has 1 atom stereocenters. The summed E-state index contributed by atoms with van der Waals surface area (Å²) in [6.07, 6.45) is 1.55. The van der Waals surface area contributed by atoms with Gasteiger partial charge in [0, 0.05) is 0 Å². The Bertz CT molecular complexity index is 555. The molecule has 5 heteroatoms.